The molecule has 3 nitrogen and oxygen atoms in total. The van der Waals surface area contributed by atoms with Crippen molar-refractivity contribution in [3.8, 4) is 5.75 Å². The second-order valence-electron chi connectivity index (χ2n) is 7.44. The molecule has 1 atom stereocenters. The Balaban J connectivity index is 2.43. The quantitative estimate of drug-likeness (QED) is 0.731. The molecule has 2 rings (SSSR count). The molecule has 0 aliphatic carbocycles. The molecule has 0 fully saturated rings. The normalized spacial score (nSPS) is 14.7. The SMILES string of the molecule is COc1ccc(F)cc1C(C)(C)CC(O)(Cc1ccc(C)cn1)C(F)(F)F. The summed E-state index contributed by atoms with van der Waals surface area (Å²) in [6, 6.07) is 6.77. The smallest absolute Gasteiger partial charge is 0.417 e. The van der Waals surface area contributed by atoms with Gasteiger partial charge in [-0.25, -0.2) is 4.39 Å². The van der Waals surface area contributed by atoms with Crippen molar-refractivity contribution in [3.05, 3.63) is 59.2 Å². The van der Waals surface area contributed by atoms with Gasteiger partial charge in [-0.05, 0) is 48.6 Å². The van der Waals surface area contributed by atoms with Gasteiger partial charge in [0.15, 0.2) is 5.60 Å². The molecule has 1 unspecified atom stereocenters. The summed E-state index contributed by atoms with van der Waals surface area (Å²) in [4.78, 5) is 3.98. The van der Waals surface area contributed by atoms with E-state index >= 15 is 0 Å². The third-order valence-electron chi connectivity index (χ3n) is 4.60. The Hall–Kier alpha value is -2.15. The molecule has 7 heteroatoms. The summed E-state index contributed by atoms with van der Waals surface area (Å²) in [5, 5.41) is 10.6. The number of pyridine rings is 1. The molecule has 1 aromatic heterocycles. The fraction of sp³-hybridized carbons (Fsp3) is 0.450. The van der Waals surface area contributed by atoms with Crippen molar-refractivity contribution < 1.29 is 27.4 Å². The zero-order valence-corrected chi connectivity index (χ0v) is 15.7. The summed E-state index contributed by atoms with van der Waals surface area (Å²) in [6.07, 6.45) is -4.82. The maximum atomic E-state index is 13.8. The van der Waals surface area contributed by atoms with Gasteiger partial charge < -0.3 is 9.84 Å². The molecular weight excluding hydrogens is 362 g/mol. The Morgan fingerprint density at radius 1 is 1.11 bits per heavy atom. The largest absolute Gasteiger partial charge is 0.496 e. The van der Waals surface area contributed by atoms with Crippen LogP contribution in [0.3, 0.4) is 0 Å². The third kappa shape index (κ3) is 4.77. The minimum atomic E-state index is -4.89. The van der Waals surface area contributed by atoms with Gasteiger partial charge >= 0.3 is 6.18 Å². The van der Waals surface area contributed by atoms with E-state index < -0.39 is 35.9 Å². The van der Waals surface area contributed by atoms with Gasteiger partial charge in [-0.3, -0.25) is 4.98 Å². The van der Waals surface area contributed by atoms with Crippen LogP contribution < -0.4 is 4.74 Å². The highest BCUT2D eigenvalue weighted by Gasteiger charge is 2.56. The molecule has 0 spiro atoms. The highest BCUT2D eigenvalue weighted by atomic mass is 19.4. The maximum Gasteiger partial charge on any atom is 0.417 e. The number of benzene rings is 1. The summed E-state index contributed by atoms with van der Waals surface area (Å²) >= 11 is 0. The number of halogens is 4. The lowest BCUT2D eigenvalue weighted by atomic mass is 9.73. The minimum Gasteiger partial charge on any atom is -0.496 e. The standard InChI is InChI=1S/C20H23F4NO2/c1-13-5-7-15(25-11-13)10-19(26,20(22,23)24)12-18(2,3)16-9-14(21)6-8-17(16)27-4/h5-9,11,26H,10,12H2,1-4H3. The second kappa shape index (κ2) is 7.46. The van der Waals surface area contributed by atoms with Gasteiger partial charge in [-0.15, -0.1) is 0 Å². The highest BCUT2D eigenvalue weighted by Crippen LogP contribution is 2.44. The predicted octanol–water partition coefficient (Wildman–Crippen LogP) is 4.74. The van der Waals surface area contributed by atoms with Crippen LogP contribution in [0.1, 0.15) is 37.1 Å². The number of hydrogen-bond acceptors (Lipinski definition) is 3. The van der Waals surface area contributed by atoms with Gasteiger partial charge in [0.05, 0.1) is 7.11 Å². The number of aliphatic hydroxyl groups is 1. The molecule has 1 N–H and O–H groups in total. The number of ether oxygens (including phenoxy) is 1. The molecule has 0 aliphatic rings. The average molecular weight is 385 g/mol. The number of aromatic nitrogens is 1. The lowest BCUT2D eigenvalue weighted by Crippen LogP contribution is -2.51. The third-order valence-corrected chi connectivity index (χ3v) is 4.60. The first-order valence-electron chi connectivity index (χ1n) is 8.43. The molecule has 148 valence electrons. The van der Waals surface area contributed by atoms with Crippen molar-refractivity contribution in [1.82, 2.24) is 4.98 Å². The fourth-order valence-corrected chi connectivity index (χ4v) is 3.20. The lowest BCUT2D eigenvalue weighted by molar-refractivity contribution is -0.266. The monoisotopic (exact) mass is 385 g/mol. The van der Waals surface area contributed by atoms with Crippen LogP contribution in [-0.4, -0.2) is 29.0 Å². The van der Waals surface area contributed by atoms with Crippen LogP contribution in [0.5, 0.6) is 5.75 Å². The first-order valence-corrected chi connectivity index (χ1v) is 8.43. The van der Waals surface area contributed by atoms with Gasteiger partial charge in [0, 0.05) is 23.9 Å². The van der Waals surface area contributed by atoms with Gasteiger partial charge in [-0.1, -0.05) is 19.9 Å². The van der Waals surface area contributed by atoms with Crippen LogP contribution in [0.2, 0.25) is 0 Å². The van der Waals surface area contributed by atoms with Crippen LogP contribution in [0.25, 0.3) is 0 Å². The number of methoxy groups -OCH3 is 1. The van der Waals surface area contributed by atoms with Crippen LogP contribution in [0.4, 0.5) is 17.6 Å². The summed E-state index contributed by atoms with van der Waals surface area (Å²) in [7, 11) is 1.36. The van der Waals surface area contributed by atoms with E-state index in [1.54, 1.807) is 13.0 Å². The van der Waals surface area contributed by atoms with E-state index in [0.29, 0.717) is 0 Å². The van der Waals surface area contributed by atoms with Gasteiger partial charge in [0.1, 0.15) is 11.6 Å². The first-order chi connectivity index (χ1) is 12.4. The van der Waals surface area contributed by atoms with E-state index in [-0.39, 0.29) is 17.0 Å². The van der Waals surface area contributed by atoms with E-state index in [9.17, 15) is 22.7 Å². The number of aryl methyl sites for hydroxylation is 1. The van der Waals surface area contributed by atoms with E-state index in [1.165, 1.54) is 45.4 Å². The number of alkyl halides is 3. The van der Waals surface area contributed by atoms with Crippen molar-refractivity contribution in [1.29, 1.82) is 0 Å². The Bertz CT molecular complexity index is 788. The molecular formula is C20H23F4NO2. The molecule has 1 heterocycles. The summed E-state index contributed by atoms with van der Waals surface area (Å²) < 4.78 is 60.3. The van der Waals surface area contributed by atoms with Gasteiger partial charge in [0.25, 0.3) is 0 Å². The Morgan fingerprint density at radius 3 is 2.30 bits per heavy atom. The van der Waals surface area contributed by atoms with Crippen LogP contribution in [0.15, 0.2) is 36.5 Å². The summed E-state index contributed by atoms with van der Waals surface area (Å²) in [5.41, 5.74) is -3.07. The molecule has 0 bridgehead atoms. The van der Waals surface area contributed by atoms with Crippen LogP contribution >= 0.6 is 0 Å². The van der Waals surface area contributed by atoms with Gasteiger partial charge in [-0.2, -0.15) is 13.2 Å². The molecule has 0 radical (unpaired) electrons. The van der Waals surface area contributed by atoms with Crippen molar-refractivity contribution in [2.45, 2.75) is 50.8 Å². The maximum absolute atomic E-state index is 13.8. The van der Waals surface area contributed by atoms with E-state index in [1.807, 2.05) is 0 Å². The topological polar surface area (TPSA) is 42.4 Å². The Labute approximate surface area is 156 Å². The van der Waals surface area contributed by atoms with Crippen LogP contribution in [0, 0.1) is 12.7 Å². The lowest BCUT2D eigenvalue weighted by Gasteiger charge is -2.38. The molecule has 2 aromatic rings. The minimum absolute atomic E-state index is 0.127. The van der Waals surface area contributed by atoms with Crippen molar-refractivity contribution in [2.24, 2.45) is 0 Å². The molecule has 1 aromatic carbocycles. The number of hydrogen-bond donors (Lipinski definition) is 1. The molecule has 0 aliphatic heterocycles. The average Bonchev–Trinajstić information content (AvgIpc) is 2.55. The van der Waals surface area contributed by atoms with Crippen LogP contribution in [-0.2, 0) is 11.8 Å². The molecule has 27 heavy (non-hydrogen) atoms. The summed E-state index contributed by atoms with van der Waals surface area (Å²) in [5.74, 6) is -0.325. The highest BCUT2D eigenvalue weighted by molar-refractivity contribution is 5.40. The van der Waals surface area contributed by atoms with E-state index in [0.717, 1.165) is 11.6 Å². The Kier molecular flexibility index (Phi) is 5.85. The van der Waals surface area contributed by atoms with Crippen molar-refractivity contribution in [3.63, 3.8) is 0 Å². The predicted molar refractivity (Wildman–Crippen MR) is 94.3 cm³/mol. The Morgan fingerprint density at radius 2 is 1.78 bits per heavy atom. The molecule has 0 saturated carbocycles. The molecule has 0 saturated heterocycles. The van der Waals surface area contributed by atoms with Crippen molar-refractivity contribution >= 4 is 0 Å². The zero-order chi connectivity index (χ0) is 20.5. The fourth-order valence-electron chi connectivity index (χ4n) is 3.20. The van der Waals surface area contributed by atoms with E-state index in [4.69, 9.17) is 4.74 Å². The van der Waals surface area contributed by atoms with Gasteiger partial charge in [0.2, 0.25) is 0 Å². The van der Waals surface area contributed by atoms with E-state index in [2.05, 4.69) is 4.98 Å². The summed E-state index contributed by atoms with van der Waals surface area (Å²) in [6.45, 7) is 4.80. The van der Waals surface area contributed by atoms with Crippen molar-refractivity contribution in [2.75, 3.05) is 7.11 Å². The second-order valence-corrected chi connectivity index (χ2v) is 7.44. The number of rotatable bonds is 6. The molecule has 0 amide bonds. The number of nitrogens with zero attached hydrogens (tertiary/aromatic N) is 1. The zero-order valence-electron chi connectivity index (χ0n) is 15.7. The first kappa shape index (κ1) is 21.2.